The second-order valence-electron chi connectivity index (χ2n) is 2.61. The largest absolute Gasteiger partial charge is 0.462 e. The summed E-state index contributed by atoms with van der Waals surface area (Å²) < 4.78 is 6.00. The van der Waals surface area contributed by atoms with Gasteiger partial charge in [-0.25, -0.2) is 4.79 Å². The number of ether oxygens (including phenoxy) is 1. The molecule has 0 heterocycles. The Morgan fingerprint density at radius 2 is 2.07 bits per heavy atom. The highest BCUT2D eigenvalue weighted by Crippen LogP contribution is 2.27. The molecule has 1 aromatic carbocycles. The summed E-state index contributed by atoms with van der Waals surface area (Å²) in [7, 11) is 0. The molecule has 1 aromatic rings. The van der Waals surface area contributed by atoms with Crippen LogP contribution in [0.3, 0.4) is 0 Å². The summed E-state index contributed by atoms with van der Waals surface area (Å²) in [6, 6.07) is 5.36. The third-order valence-electron chi connectivity index (χ3n) is 1.70. The maximum atomic E-state index is 11.6. The molecule has 0 aliphatic heterocycles. The van der Waals surface area contributed by atoms with Gasteiger partial charge in [0.25, 0.3) is 0 Å². The van der Waals surface area contributed by atoms with Gasteiger partial charge in [0.05, 0.1) is 17.7 Å². The summed E-state index contributed by atoms with van der Waals surface area (Å²) in [6.07, 6.45) is 0. The Bertz CT molecular complexity index is 438. The topological polar surface area (TPSA) is 50.1 Å². The predicted molar refractivity (Wildman–Crippen MR) is 62.5 cm³/mol. The minimum Gasteiger partial charge on any atom is -0.462 e. The van der Waals surface area contributed by atoms with Crippen LogP contribution in [-0.4, -0.2) is 12.6 Å². The van der Waals surface area contributed by atoms with Crippen LogP contribution in [0.5, 0.6) is 0 Å². The van der Waals surface area contributed by atoms with Gasteiger partial charge < -0.3 is 4.74 Å². The van der Waals surface area contributed by atoms with E-state index in [4.69, 9.17) is 10.00 Å². The molecule has 5 heteroatoms. The minimum absolute atomic E-state index is 0.258. The summed E-state index contributed by atoms with van der Waals surface area (Å²) in [5.41, 5.74) is 0.538. The first-order valence-electron chi connectivity index (χ1n) is 4.17. The molecule has 0 atom stereocenters. The Morgan fingerprint density at radius 3 is 2.60 bits per heavy atom. The third kappa shape index (κ3) is 2.58. The number of rotatable bonds is 2. The van der Waals surface area contributed by atoms with Crippen LogP contribution < -0.4 is 0 Å². The van der Waals surface area contributed by atoms with Crippen LogP contribution in [0, 0.1) is 11.3 Å². The zero-order valence-electron chi connectivity index (χ0n) is 7.88. The van der Waals surface area contributed by atoms with Gasteiger partial charge in [-0.15, -0.1) is 0 Å². The van der Waals surface area contributed by atoms with E-state index in [1.165, 1.54) is 0 Å². The highest BCUT2D eigenvalue weighted by atomic mass is 79.9. The van der Waals surface area contributed by atoms with E-state index in [0.717, 1.165) is 0 Å². The van der Waals surface area contributed by atoms with Crippen molar-refractivity contribution in [2.24, 2.45) is 0 Å². The van der Waals surface area contributed by atoms with Crippen molar-refractivity contribution in [3.63, 3.8) is 0 Å². The number of nitrogens with zero attached hydrogens (tertiary/aromatic N) is 1. The van der Waals surface area contributed by atoms with Gasteiger partial charge in [-0.2, -0.15) is 5.26 Å². The van der Waals surface area contributed by atoms with Crippen molar-refractivity contribution in [3.05, 3.63) is 32.2 Å². The summed E-state index contributed by atoms with van der Waals surface area (Å²) in [5, 5.41) is 8.93. The summed E-state index contributed by atoms with van der Waals surface area (Å²) in [6.45, 7) is 2.00. The Labute approximate surface area is 104 Å². The van der Waals surface area contributed by atoms with Gasteiger partial charge >= 0.3 is 5.97 Å². The lowest BCUT2D eigenvalue weighted by Crippen LogP contribution is -2.08. The smallest absolute Gasteiger partial charge is 0.340 e. The molecule has 0 spiro atoms. The fourth-order valence-electron chi connectivity index (χ4n) is 1.06. The van der Waals surface area contributed by atoms with Crippen molar-refractivity contribution < 1.29 is 9.53 Å². The fourth-order valence-corrected chi connectivity index (χ4v) is 1.98. The molecule has 0 bridgehead atoms. The van der Waals surface area contributed by atoms with Crippen molar-refractivity contribution in [1.29, 1.82) is 5.26 Å². The first-order valence-corrected chi connectivity index (χ1v) is 5.75. The zero-order chi connectivity index (χ0) is 11.4. The number of carbonyl (C=O) groups excluding carboxylic acids is 1. The summed E-state index contributed by atoms with van der Waals surface area (Å²) >= 11 is 6.43. The Balaban J connectivity index is 3.33. The highest BCUT2D eigenvalue weighted by molar-refractivity contribution is 9.11. The Morgan fingerprint density at radius 1 is 1.47 bits per heavy atom. The maximum Gasteiger partial charge on any atom is 0.340 e. The van der Waals surface area contributed by atoms with Crippen molar-refractivity contribution in [1.82, 2.24) is 0 Å². The van der Waals surface area contributed by atoms with Crippen LogP contribution in [0.15, 0.2) is 21.1 Å². The van der Waals surface area contributed by atoms with E-state index < -0.39 is 5.97 Å². The first-order chi connectivity index (χ1) is 7.11. The molecule has 3 nitrogen and oxygen atoms in total. The Kier molecular flexibility index (Phi) is 4.30. The number of benzene rings is 1. The third-order valence-corrected chi connectivity index (χ3v) is 3.02. The number of halogens is 2. The molecule has 1 rings (SSSR count). The van der Waals surface area contributed by atoms with Crippen LogP contribution in [0.4, 0.5) is 0 Å². The van der Waals surface area contributed by atoms with Gasteiger partial charge in [0.2, 0.25) is 0 Å². The summed E-state index contributed by atoms with van der Waals surface area (Å²) in [4.78, 5) is 11.6. The normalized spacial score (nSPS) is 9.47. The molecule has 0 N–H and O–H groups in total. The van der Waals surface area contributed by atoms with E-state index >= 15 is 0 Å². The standard InChI is InChI=1S/C10H7Br2NO2/c1-2-15-10(14)9-6(5-13)7(11)3-4-8(9)12/h3-4H,2H2,1H3. The van der Waals surface area contributed by atoms with E-state index in [2.05, 4.69) is 31.9 Å². The molecule has 0 saturated heterocycles. The lowest BCUT2D eigenvalue weighted by atomic mass is 10.1. The van der Waals surface area contributed by atoms with Gasteiger partial charge in [0.1, 0.15) is 6.07 Å². The molecule has 0 aliphatic carbocycles. The molecule has 0 aromatic heterocycles. The van der Waals surface area contributed by atoms with Crippen molar-refractivity contribution in [3.8, 4) is 6.07 Å². The van der Waals surface area contributed by atoms with Crippen LogP contribution in [0.1, 0.15) is 22.8 Å². The number of nitriles is 1. The molecule has 0 aliphatic rings. The van der Waals surface area contributed by atoms with E-state index in [1.54, 1.807) is 19.1 Å². The van der Waals surface area contributed by atoms with Crippen LogP contribution in [-0.2, 0) is 4.74 Å². The highest BCUT2D eigenvalue weighted by Gasteiger charge is 2.18. The average molecular weight is 333 g/mol. The van der Waals surface area contributed by atoms with E-state index in [0.29, 0.717) is 8.95 Å². The van der Waals surface area contributed by atoms with E-state index in [1.807, 2.05) is 6.07 Å². The predicted octanol–water partition coefficient (Wildman–Crippen LogP) is 3.26. The van der Waals surface area contributed by atoms with Crippen molar-refractivity contribution in [2.75, 3.05) is 6.61 Å². The second-order valence-corrected chi connectivity index (χ2v) is 4.32. The zero-order valence-corrected chi connectivity index (χ0v) is 11.1. The number of carbonyl (C=O) groups is 1. The minimum atomic E-state index is -0.498. The number of hydrogen-bond donors (Lipinski definition) is 0. The molecular formula is C10H7Br2NO2. The SMILES string of the molecule is CCOC(=O)c1c(Br)ccc(Br)c1C#N. The molecular weight excluding hydrogens is 326 g/mol. The van der Waals surface area contributed by atoms with Gasteiger partial charge in [-0.1, -0.05) is 0 Å². The van der Waals surface area contributed by atoms with Gasteiger partial charge in [0, 0.05) is 8.95 Å². The quantitative estimate of drug-likeness (QED) is 0.781. The van der Waals surface area contributed by atoms with Crippen molar-refractivity contribution in [2.45, 2.75) is 6.92 Å². The summed E-state index contributed by atoms with van der Waals surface area (Å²) in [5.74, 6) is -0.498. The van der Waals surface area contributed by atoms with E-state index in [-0.39, 0.29) is 17.7 Å². The molecule has 0 saturated carbocycles. The maximum absolute atomic E-state index is 11.6. The lowest BCUT2D eigenvalue weighted by molar-refractivity contribution is 0.0525. The molecule has 0 fully saturated rings. The second kappa shape index (κ2) is 5.29. The van der Waals surface area contributed by atoms with Crippen molar-refractivity contribution >= 4 is 37.8 Å². The molecule has 15 heavy (non-hydrogen) atoms. The molecule has 0 unspecified atom stereocenters. The molecule has 0 amide bonds. The average Bonchev–Trinajstić information content (AvgIpc) is 2.21. The lowest BCUT2D eigenvalue weighted by Gasteiger charge is -2.07. The number of esters is 1. The van der Waals surface area contributed by atoms with Crippen LogP contribution >= 0.6 is 31.9 Å². The van der Waals surface area contributed by atoms with Gasteiger partial charge in [-0.3, -0.25) is 0 Å². The van der Waals surface area contributed by atoms with Gasteiger partial charge in [0.15, 0.2) is 0 Å². The fraction of sp³-hybridized carbons (Fsp3) is 0.200. The molecule has 78 valence electrons. The molecule has 0 radical (unpaired) electrons. The Hall–Kier alpha value is -0.860. The van der Waals surface area contributed by atoms with E-state index in [9.17, 15) is 4.79 Å². The first kappa shape index (κ1) is 12.2. The monoisotopic (exact) mass is 331 g/mol. The number of hydrogen-bond acceptors (Lipinski definition) is 3. The van der Waals surface area contributed by atoms with Gasteiger partial charge in [-0.05, 0) is 50.9 Å². The van der Waals surface area contributed by atoms with Crippen LogP contribution in [0.25, 0.3) is 0 Å². The van der Waals surface area contributed by atoms with Crippen LogP contribution in [0.2, 0.25) is 0 Å².